The van der Waals surface area contributed by atoms with Gasteiger partial charge in [0.15, 0.2) is 0 Å². The lowest BCUT2D eigenvalue weighted by Gasteiger charge is -2.32. The molecule has 0 aromatic heterocycles. The largest absolute Gasteiger partial charge is 0.497 e. The minimum atomic E-state index is -4.22. The van der Waals surface area contributed by atoms with Crippen LogP contribution < -0.4 is 19.1 Å². The molecule has 0 unspecified atom stereocenters. The SMILES string of the molecule is CCCNC(=O)[C@@H](C)N(Cc1cccc(OC)c1)C(=O)CN(c1cccc(Cl)c1)S(=O)(=O)c1ccc(OC)cc1. The third-order valence-electron chi connectivity index (χ3n) is 6.23. The Morgan fingerprint density at radius 3 is 2.25 bits per heavy atom. The van der Waals surface area contributed by atoms with Gasteiger partial charge in [-0.2, -0.15) is 0 Å². The Hall–Kier alpha value is -3.76. The summed E-state index contributed by atoms with van der Waals surface area (Å²) in [5, 5.41) is 3.12. The molecule has 3 aromatic rings. The van der Waals surface area contributed by atoms with Crippen LogP contribution in [0, 0.1) is 0 Å². The highest BCUT2D eigenvalue weighted by atomic mass is 35.5. The van der Waals surface area contributed by atoms with E-state index in [1.165, 1.54) is 49.5 Å². The first-order valence-electron chi connectivity index (χ1n) is 12.7. The summed E-state index contributed by atoms with van der Waals surface area (Å²) in [6.45, 7) is 3.49. The zero-order valence-corrected chi connectivity index (χ0v) is 24.5. The van der Waals surface area contributed by atoms with E-state index in [9.17, 15) is 18.0 Å². The summed E-state index contributed by atoms with van der Waals surface area (Å²) >= 11 is 6.20. The average molecular weight is 588 g/mol. The number of ether oxygens (including phenoxy) is 2. The van der Waals surface area contributed by atoms with E-state index in [4.69, 9.17) is 21.1 Å². The van der Waals surface area contributed by atoms with E-state index in [0.717, 1.165) is 16.3 Å². The van der Waals surface area contributed by atoms with Crippen molar-refractivity contribution in [2.45, 2.75) is 37.8 Å². The highest BCUT2D eigenvalue weighted by molar-refractivity contribution is 7.92. The predicted octanol–water partition coefficient (Wildman–Crippen LogP) is 4.50. The summed E-state index contributed by atoms with van der Waals surface area (Å²) in [6, 6.07) is 18.4. The molecule has 2 amide bonds. The molecule has 1 N–H and O–H groups in total. The van der Waals surface area contributed by atoms with Gasteiger partial charge >= 0.3 is 0 Å². The Kier molecular flexibility index (Phi) is 10.8. The highest BCUT2D eigenvalue weighted by Gasteiger charge is 2.32. The van der Waals surface area contributed by atoms with Crippen LogP contribution in [0.3, 0.4) is 0 Å². The second-order valence-electron chi connectivity index (χ2n) is 9.01. The van der Waals surface area contributed by atoms with Crippen molar-refractivity contribution in [3.8, 4) is 11.5 Å². The standard InChI is InChI=1S/C29H34ClN3O6S/c1-5-16-31-29(35)21(2)32(19-22-8-6-11-26(17-22)39-4)28(34)20-33(24-10-7-9-23(30)18-24)40(36,37)27-14-12-25(38-3)13-15-27/h6-15,17-18,21H,5,16,19-20H2,1-4H3,(H,31,35)/t21-/m1/s1. The molecule has 0 bridgehead atoms. The van der Waals surface area contributed by atoms with Crippen LogP contribution >= 0.6 is 11.6 Å². The summed E-state index contributed by atoms with van der Waals surface area (Å²) in [7, 11) is -1.20. The minimum absolute atomic E-state index is 0.0332. The van der Waals surface area contributed by atoms with Gasteiger partial charge in [-0.05, 0) is 73.5 Å². The molecule has 1 atom stereocenters. The number of halogens is 1. The molecule has 0 aliphatic rings. The number of nitrogens with one attached hydrogen (secondary N) is 1. The van der Waals surface area contributed by atoms with E-state index in [1.54, 1.807) is 43.3 Å². The zero-order valence-electron chi connectivity index (χ0n) is 23.0. The van der Waals surface area contributed by atoms with Crippen molar-refractivity contribution in [1.82, 2.24) is 10.2 Å². The first-order valence-corrected chi connectivity index (χ1v) is 14.5. The maximum Gasteiger partial charge on any atom is 0.264 e. The Morgan fingerprint density at radius 2 is 1.62 bits per heavy atom. The van der Waals surface area contributed by atoms with Crippen molar-refractivity contribution in [3.05, 3.63) is 83.4 Å². The Morgan fingerprint density at radius 1 is 0.950 bits per heavy atom. The molecular formula is C29H34ClN3O6S. The maximum atomic E-state index is 13.9. The highest BCUT2D eigenvalue weighted by Crippen LogP contribution is 2.28. The van der Waals surface area contributed by atoms with Crippen molar-refractivity contribution < 1.29 is 27.5 Å². The fraction of sp³-hybridized carbons (Fsp3) is 0.310. The molecule has 0 spiro atoms. The van der Waals surface area contributed by atoms with E-state index in [0.29, 0.717) is 23.1 Å². The maximum absolute atomic E-state index is 13.9. The number of benzene rings is 3. The summed E-state index contributed by atoms with van der Waals surface area (Å²) in [4.78, 5) is 28.2. The number of methoxy groups -OCH3 is 2. The summed E-state index contributed by atoms with van der Waals surface area (Å²) < 4.78 is 39.2. The summed E-state index contributed by atoms with van der Waals surface area (Å²) in [6.07, 6.45) is 0.727. The monoisotopic (exact) mass is 587 g/mol. The second-order valence-corrected chi connectivity index (χ2v) is 11.3. The minimum Gasteiger partial charge on any atom is -0.497 e. The van der Waals surface area contributed by atoms with E-state index in [-0.39, 0.29) is 23.0 Å². The number of hydrogen-bond donors (Lipinski definition) is 1. The van der Waals surface area contributed by atoms with E-state index >= 15 is 0 Å². The van der Waals surface area contributed by atoms with Gasteiger partial charge in [0.05, 0.1) is 24.8 Å². The van der Waals surface area contributed by atoms with Crippen LogP contribution in [0.1, 0.15) is 25.8 Å². The summed E-state index contributed by atoms with van der Waals surface area (Å²) in [5.74, 6) is 0.167. The summed E-state index contributed by atoms with van der Waals surface area (Å²) in [5.41, 5.74) is 0.927. The molecule has 0 saturated carbocycles. The first-order chi connectivity index (χ1) is 19.1. The van der Waals surface area contributed by atoms with Crippen molar-refractivity contribution in [3.63, 3.8) is 0 Å². The molecule has 0 radical (unpaired) electrons. The smallest absolute Gasteiger partial charge is 0.264 e. The van der Waals surface area contributed by atoms with Gasteiger partial charge < -0.3 is 19.7 Å². The lowest BCUT2D eigenvalue weighted by atomic mass is 10.1. The molecule has 40 heavy (non-hydrogen) atoms. The lowest BCUT2D eigenvalue weighted by molar-refractivity contribution is -0.139. The van der Waals surface area contributed by atoms with Gasteiger partial charge in [0.1, 0.15) is 24.1 Å². The predicted molar refractivity (Wildman–Crippen MR) is 155 cm³/mol. The van der Waals surface area contributed by atoms with Crippen LogP contribution in [0.2, 0.25) is 5.02 Å². The number of nitrogens with zero attached hydrogens (tertiary/aromatic N) is 2. The topological polar surface area (TPSA) is 105 Å². The third-order valence-corrected chi connectivity index (χ3v) is 8.25. The van der Waals surface area contributed by atoms with Crippen LogP contribution in [-0.4, -0.2) is 58.5 Å². The van der Waals surface area contributed by atoms with Crippen LogP contribution in [0.25, 0.3) is 0 Å². The number of carbonyl (C=O) groups excluding carboxylic acids is 2. The first kappa shape index (κ1) is 30.8. The van der Waals surface area contributed by atoms with Crippen molar-refractivity contribution >= 4 is 39.1 Å². The van der Waals surface area contributed by atoms with Gasteiger partial charge in [-0.1, -0.05) is 36.7 Å². The number of rotatable bonds is 13. The van der Waals surface area contributed by atoms with Crippen molar-refractivity contribution in [2.24, 2.45) is 0 Å². The Bertz CT molecular complexity index is 1420. The van der Waals surface area contributed by atoms with Crippen LogP contribution in [0.4, 0.5) is 5.69 Å². The molecule has 214 valence electrons. The normalized spacial score (nSPS) is 11.8. The molecule has 0 saturated heterocycles. The van der Waals surface area contributed by atoms with E-state index in [1.807, 2.05) is 13.0 Å². The third kappa shape index (κ3) is 7.67. The van der Waals surface area contributed by atoms with Crippen molar-refractivity contribution in [1.29, 1.82) is 0 Å². The molecule has 3 aromatic carbocycles. The molecule has 9 nitrogen and oxygen atoms in total. The van der Waals surface area contributed by atoms with Gasteiger partial charge in [-0.15, -0.1) is 0 Å². The fourth-order valence-corrected chi connectivity index (χ4v) is 5.57. The second kappa shape index (κ2) is 14.0. The fourth-order valence-electron chi connectivity index (χ4n) is 3.98. The Labute approximate surface area is 240 Å². The molecule has 3 rings (SSSR count). The average Bonchev–Trinajstić information content (AvgIpc) is 2.96. The van der Waals surface area contributed by atoms with E-state index < -0.39 is 28.5 Å². The van der Waals surface area contributed by atoms with Crippen molar-refractivity contribution in [2.75, 3.05) is 31.6 Å². The number of amides is 2. The molecule has 0 fully saturated rings. The van der Waals surface area contributed by atoms with E-state index in [2.05, 4.69) is 5.32 Å². The molecular weight excluding hydrogens is 554 g/mol. The van der Waals surface area contributed by atoms with Crippen LogP contribution in [-0.2, 0) is 26.2 Å². The van der Waals surface area contributed by atoms with Gasteiger partial charge in [0, 0.05) is 18.1 Å². The van der Waals surface area contributed by atoms with Gasteiger partial charge in [0.25, 0.3) is 10.0 Å². The van der Waals surface area contributed by atoms with Gasteiger partial charge in [-0.3, -0.25) is 13.9 Å². The molecule has 11 heteroatoms. The van der Waals surface area contributed by atoms with Crippen LogP contribution in [0.15, 0.2) is 77.7 Å². The number of sulfonamides is 1. The number of carbonyl (C=O) groups is 2. The molecule has 0 heterocycles. The number of hydrogen-bond acceptors (Lipinski definition) is 6. The zero-order chi connectivity index (χ0) is 29.3. The van der Waals surface area contributed by atoms with Gasteiger partial charge in [0.2, 0.25) is 11.8 Å². The lowest BCUT2D eigenvalue weighted by Crippen LogP contribution is -2.51. The quantitative estimate of drug-likeness (QED) is 0.316. The number of anilines is 1. The Balaban J connectivity index is 2.03. The van der Waals surface area contributed by atoms with Crippen LogP contribution in [0.5, 0.6) is 11.5 Å². The van der Waals surface area contributed by atoms with Gasteiger partial charge in [-0.25, -0.2) is 8.42 Å². The molecule has 0 aliphatic carbocycles. The molecule has 0 aliphatic heterocycles.